The Bertz CT molecular complexity index is 271. The fourth-order valence-electron chi connectivity index (χ4n) is 3.95. The van der Waals surface area contributed by atoms with Gasteiger partial charge in [0, 0.05) is 18.5 Å². The fraction of sp³-hybridized carbons (Fsp3) is 0.938. The standard InChI is InChI=1S/C16H29NO/c1-14(2)13-16(9-5-6-10-16)15(18)17-11-7-3-4-8-12-17/h14H,3-13H2,1-2H3. The molecule has 1 saturated carbocycles. The van der Waals surface area contributed by atoms with Crippen molar-refractivity contribution in [2.75, 3.05) is 13.1 Å². The minimum absolute atomic E-state index is 0.0124. The molecule has 0 unspecified atom stereocenters. The zero-order valence-corrected chi connectivity index (χ0v) is 12.2. The van der Waals surface area contributed by atoms with E-state index in [0.717, 1.165) is 32.4 Å². The molecule has 0 radical (unpaired) electrons. The summed E-state index contributed by atoms with van der Waals surface area (Å²) in [7, 11) is 0. The van der Waals surface area contributed by atoms with Crippen LogP contribution >= 0.6 is 0 Å². The highest BCUT2D eigenvalue weighted by molar-refractivity contribution is 5.83. The molecular formula is C16H29NO. The molecular weight excluding hydrogens is 222 g/mol. The van der Waals surface area contributed by atoms with Crippen LogP contribution in [0.1, 0.15) is 71.6 Å². The van der Waals surface area contributed by atoms with Crippen LogP contribution in [-0.4, -0.2) is 23.9 Å². The van der Waals surface area contributed by atoms with Gasteiger partial charge in [-0.2, -0.15) is 0 Å². The van der Waals surface area contributed by atoms with Crippen LogP contribution in [0.3, 0.4) is 0 Å². The first-order valence-corrected chi connectivity index (χ1v) is 7.93. The van der Waals surface area contributed by atoms with E-state index in [-0.39, 0.29) is 5.41 Å². The molecule has 104 valence electrons. The van der Waals surface area contributed by atoms with Gasteiger partial charge in [-0.1, -0.05) is 39.5 Å². The second-order valence-electron chi connectivity index (χ2n) is 6.79. The first-order chi connectivity index (χ1) is 8.64. The quantitative estimate of drug-likeness (QED) is 0.742. The second kappa shape index (κ2) is 6.08. The van der Waals surface area contributed by atoms with Crippen LogP contribution in [-0.2, 0) is 4.79 Å². The van der Waals surface area contributed by atoms with Crippen molar-refractivity contribution in [3.8, 4) is 0 Å². The summed E-state index contributed by atoms with van der Waals surface area (Å²) in [5.41, 5.74) is 0.0124. The SMILES string of the molecule is CC(C)CC1(C(=O)N2CCCCCC2)CCCC1. The van der Waals surface area contributed by atoms with E-state index in [9.17, 15) is 4.79 Å². The molecule has 1 aliphatic heterocycles. The molecule has 0 N–H and O–H groups in total. The fourth-order valence-corrected chi connectivity index (χ4v) is 3.95. The van der Waals surface area contributed by atoms with E-state index in [0.29, 0.717) is 11.8 Å². The summed E-state index contributed by atoms with van der Waals surface area (Å²) in [6.45, 7) is 6.54. The van der Waals surface area contributed by atoms with E-state index < -0.39 is 0 Å². The Kier molecular flexibility index (Phi) is 4.69. The first-order valence-electron chi connectivity index (χ1n) is 7.93. The molecule has 0 aromatic carbocycles. The van der Waals surface area contributed by atoms with Crippen LogP contribution in [0.2, 0.25) is 0 Å². The van der Waals surface area contributed by atoms with Gasteiger partial charge in [-0.05, 0) is 38.0 Å². The molecule has 0 bridgehead atoms. The van der Waals surface area contributed by atoms with Gasteiger partial charge in [0.25, 0.3) is 0 Å². The third-order valence-corrected chi connectivity index (χ3v) is 4.71. The highest BCUT2D eigenvalue weighted by atomic mass is 16.2. The summed E-state index contributed by atoms with van der Waals surface area (Å²) >= 11 is 0. The van der Waals surface area contributed by atoms with Gasteiger partial charge in [0.15, 0.2) is 0 Å². The van der Waals surface area contributed by atoms with E-state index in [4.69, 9.17) is 0 Å². The van der Waals surface area contributed by atoms with E-state index in [2.05, 4.69) is 18.7 Å². The van der Waals surface area contributed by atoms with Gasteiger partial charge >= 0.3 is 0 Å². The Morgan fingerprint density at radius 1 is 1.00 bits per heavy atom. The Morgan fingerprint density at radius 2 is 1.56 bits per heavy atom. The molecule has 0 aromatic rings. The number of amides is 1. The maximum absolute atomic E-state index is 12.9. The number of carbonyl (C=O) groups excluding carboxylic acids is 1. The molecule has 2 aliphatic rings. The molecule has 1 aliphatic carbocycles. The maximum Gasteiger partial charge on any atom is 0.228 e. The second-order valence-corrected chi connectivity index (χ2v) is 6.79. The molecule has 1 saturated heterocycles. The lowest BCUT2D eigenvalue weighted by Crippen LogP contribution is -2.43. The van der Waals surface area contributed by atoms with E-state index in [1.807, 2.05) is 0 Å². The highest BCUT2D eigenvalue weighted by Crippen LogP contribution is 2.44. The van der Waals surface area contributed by atoms with Crippen molar-refractivity contribution < 1.29 is 4.79 Å². The molecule has 18 heavy (non-hydrogen) atoms. The molecule has 0 aromatic heterocycles. The summed E-state index contributed by atoms with van der Waals surface area (Å²) in [5, 5.41) is 0. The molecule has 2 rings (SSSR count). The van der Waals surface area contributed by atoms with Gasteiger partial charge in [0.2, 0.25) is 5.91 Å². The minimum Gasteiger partial charge on any atom is -0.342 e. The lowest BCUT2D eigenvalue weighted by atomic mass is 9.77. The zero-order valence-electron chi connectivity index (χ0n) is 12.2. The van der Waals surface area contributed by atoms with Crippen molar-refractivity contribution >= 4 is 5.91 Å². The van der Waals surface area contributed by atoms with Gasteiger partial charge in [-0.25, -0.2) is 0 Å². The Morgan fingerprint density at radius 3 is 2.06 bits per heavy atom. The predicted molar refractivity (Wildman–Crippen MR) is 75.4 cm³/mol. The summed E-state index contributed by atoms with van der Waals surface area (Å²) in [5.74, 6) is 1.13. The largest absolute Gasteiger partial charge is 0.342 e. The number of hydrogen-bond donors (Lipinski definition) is 0. The summed E-state index contributed by atoms with van der Waals surface area (Å²) < 4.78 is 0. The molecule has 0 atom stereocenters. The van der Waals surface area contributed by atoms with Gasteiger partial charge in [-0.3, -0.25) is 4.79 Å². The van der Waals surface area contributed by atoms with Crippen molar-refractivity contribution in [2.24, 2.45) is 11.3 Å². The van der Waals surface area contributed by atoms with Crippen molar-refractivity contribution in [3.63, 3.8) is 0 Å². The smallest absolute Gasteiger partial charge is 0.228 e. The summed E-state index contributed by atoms with van der Waals surface area (Å²) in [6, 6.07) is 0. The summed E-state index contributed by atoms with van der Waals surface area (Å²) in [4.78, 5) is 15.1. The van der Waals surface area contributed by atoms with Crippen molar-refractivity contribution in [3.05, 3.63) is 0 Å². The molecule has 2 nitrogen and oxygen atoms in total. The molecule has 1 heterocycles. The van der Waals surface area contributed by atoms with Gasteiger partial charge < -0.3 is 4.90 Å². The van der Waals surface area contributed by atoms with Gasteiger partial charge in [-0.15, -0.1) is 0 Å². The minimum atomic E-state index is 0.0124. The number of nitrogens with zero attached hydrogens (tertiary/aromatic N) is 1. The third-order valence-electron chi connectivity index (χ3n) is 4.71. The number of hydrogen-bond acceptors (Lipinski definition) is 1. The molecule has 1 amide bonds. The molecule has 2 heteroatoms. The van der Waals surface area contributed by atoms with Crippen LogP contribution in [0.25, 0.3) is 0 Å². The number of rotatable bonds is 3. The third kappa shape index (κ3) is 3.07. The van der Waals surface area contributed by atoms with Crippen LogP contribution in [0, 0.1) is 11.3 Å². The Balaban J connectivity index is 2.07. The average molecular weight is 251 g/mol. The van der Waals surface area contributed by atoms with Gasteiger partial charge in [0.1, 0.15) is 0 Å². The topological polar surface area (TPSA) is 20.3 Å². The van der Waals surface area contributed by atoms with Crippen LogP contribution in [0.15, 0.2) is 0 Å². The predicted octanol–water partition coefficient (Wildman–Crippen LogP) is 4.00. The normalized spacial score (nSPS) is 24.3. The zero-order chi connectivity index (χ0) is 13.0. The number of likely N-dealkylation sites (tertiary alicyclic amines) is 1. The van der Waals surface area contributed by atoms with Crippen molar-refractivity contribution in [1.29, 1.82) is 0 Å². The first kappa shape index (κ1) is 13.9. The molecule has 0 spiro atoms. The Hall–Kier alpha value is -0.530. The van der Waals surface area contributed by atoms with E-state index >= 15 is 0 Å². The van der Waals surface area contributed by atoms with E-state index in [1.54, 1.807) is 0 Å². The van der Waals surface area contributed by atoms with Crippen LogP contribution < -0.4 is 0 Å². The number of carbonyl (C=O) groups is 1. The maximum atomic E-state index is 12.9. The highest BCUT2D eigenvalue weighted by Gasteiger charge is 2.43. The lowest BCUT2D eigenvalue weighted by Gasteiger charge is -2.35. The monoisotopic (exact) mass is 251 g/mol. The van der Waals surface area contributed by atoms with Crippen LogP contribution in [0.4, 0.5) is 0 Å². The van der Waals surface area contributed by atoms with E-state index in [1.165, 1.54) is 38.5 Å². The van der Waals surface area contributed by atoms with Crippen LogP contribution in [0.5, 0.6) is 0 Å². The van der Waals surface area contributed by atoms with Gasteiger partial charge in [0.05, 0.1) is 0 Å². The summed E-state index contributed by atoms with van der Waals surface area (Å²) in [6.07, 6.45) is 10.9. The lowest BCUT2D eigenvalue weighted by molar-refractivity contribution is -0.143. The van der Waals surface area contributed by atoms with Crippen molar-refractivity contribution in [1.82, 2.24) is 4.90 Å². The average Bonchev–Trinajstić information content (AvgIpc) is 2.64. The van der Waals surface area contributed by atoms with Crippen molar-refractivity contribution in [2.45, 2.75) is 71.6 Å². The molecule has 2 fully saturated rings. The Labute approximate surface area is 112 Å².